The smallest absolute Gasteiger partial charge is 0.237 e. The van der Waals surface area contributed by atoms with Crippen LogP contribution in [0.2, 0.25) is 0 Å². The molecule has 2 heterocycles. The molecule has 0 aromatic heterocycles. The molecule has 6 nitrogen and oxygen atoms in total. The van der Waals surface area contributed by atoms with Gasteiger partial charge in [-0.25, -0.2) is 0 Å². The summed E-state index contributed by atoms with van der Waals surface area (Å²) in [5.41, 5.74) is 1.12. The summed E-state index contributed by atoms with van der Waals surface area (Å²) in [6.07, 6.45) is 4.46. The molecule has 2 atom stereocenters. The van der Waals surface area contributed by atoms with Crippen LogP contribution in [0.1, 0.15) is 37.7 Å². The highest BCUT2D eigenvalue weighted by atomic mass is 35.5. The maximum atomic E-state index is 12.5. The van der Waals surface area contributed by atoms with E-state index in [1.54, 1.807) is 0 Å². The third-order valence-corrected chi connectivity index (χ3v) is 5.39. The zero-order valence-corrected chi connectivity index (χ0v) is 17.2. The molecule has 2 fully saturated rings. The van der Waals surface area contributed by atoms with E-state index in [0.717, 1.165) is 50.9 Å². The fraction of sp³-hybridized carbons (Fsp3) is 0.619. The number of rotatable bonds is 8. The van der Waals surface area contributed by atoms with Crippen LogP contribution in [0.15, 0.2) is 30.3 Å². The number of likely N-dealkylation sites (tertiary alicyclic amines) is 1. The Kier molecular flexibility index (Phi) is 9.75. The molecule has 2 aliphatic rings. The van der Waals surface area contributed by atoms with Gasteiger partial charge in [0, 0.05) is 19.6 Å². The Morgan fingerprint density at radius 1 is 1.18 bits per heavy atom. The quantitative estimate of drug-likeness (QED) is 0.645. The largest absolute Gasteiger partial charge is 0.376 e. The average molecular weight is 410 g/mol. The van der Waals surface area contributed by atoms with Gasteiger partial charge in [-0.3, -0.25) is 9.59 Å². The first kappa shape index (κ1) is 22.7. The molecular formula is C21H32ClN3O3. The average Bonchev–Trinajstić information content (AvgIpc) is 3.25. The number of nitrogens with one attached hydrogen (secondary N) is 2. The highest BCUT2D eigenvalue weighted by Crippen LogP contribution is 2.17. The van der Waals surface area contributed by atoms with Crippen molar-refractivity contribution >= 4 is 24.2 Å². The molecule has 2 amide bonds. The normalized spacial score (nSPS) is 21.8. The van der Waals surface area contributed by atoms with Crippen molar-refractivity contribution in [3.63, 3.8) is 0 Å². The number of carbonyl (C=O) groups is 2. The van der Waals surface area contributed by atoms with Crippen molar-refractivity contribution in [1.82, 2.24) is 15.5 Å². The number of hydrogen-bond donors (Lipinski definition) is 2. The van der Waals surface area contributed by atoms with Crippen LogP contribution in [0.25, 0.3) is 0 Å². The van der Waals surface area contributed by atoms with Crippen LogP contribution in [0.3, 0.4) is 0 Å². The Bertz CT molecular complexity index is 608. The molecule has 0 bridgehead atoms. The molecule has 7 heteroatoms. The number of benzene rings is 1. The molecule has 2 aliphatic heterocycles. The third kappa shape index (κ3) is 7.08. The van der Waals surface area contributed by atoms with E-state index in [-0.39, 0.29) is 30.3 Å². The number of piperidine rings is 1. The topological polar surface area (TPSA) is 70.7 Å². The van der Waals surface area contributed by atoms with Crippen LogP contribution >= 0.6 is 12.4 Å². The number of carbonyl (C=O) groups excluding carboxylic acids is 2. The van der Waals surface area contributed by atoms with Crippen molar-refractivity contribution in [2.24, 2.45) is 5.92 Å². The minimum Gasteiger partial charge on any atom is -0.376 e. The predicted molar refractivity (Wildman–Crippen MR) is 111 cm³/mol. The van der Waals surface area contributed by atoms with Crippen molar-refractivity contribution in [1.29, 1.82) is 0 Å². The van der Waals surface area contributed by atoms with Crippen LogP contribution in [0, 0.1) is 5.92 Å². The Morgan fingerprint density at radius 3 is 2.75 bits per heavy atom. The lowest BCUT2D eigenvalue weighted by Gasteiger charge is -2.33. The maximum Gasteiger partial charge on any atom is 0.237 e. The molecule has 156 valence electrons. The molecule has 2 N–H and O–H groups in total. The second kappa shape index (κ2) is 12.0. The van der Waals surface area contributed by atoms with Crippen LogP contribution in [-0.4, -0.2) is 55.5 Å². The third-order valence-electron chi connectivity index (χ3n) is 5.39. The van der Waals surface area contributed by atoms with Gasteiger partial charge in [0.05, 0.1) is 25.7 Å². The zero-order chi connectivity index (χ0) is 18.9. The molecule has 0 radical (unpaired) electrons. The molecule has 28 heavy (non-hydrogen) atoms. The molecule has 2 saturated heterocycles. The summed E-state index contributed by atoms with van der Waals surface area (Å²) in [6.45, 7) is 4.11. The van der Waals surface area contributed by atoms with Crippen LogP contribution in [-0.2, 0) is 20.9 Å². The summed E-state index contributed by atoms with van der Waals surface area (Å²) in [6, 6.07) is 9.96. The summed E-state index contributed by atoms with van der Waals surface area (Å²) < 4.78 is 5.63. The van der Waals surface area contributed by atoms with E-state index in [9.17, 15) is 9.59 Å². The highest BCUT2D eigenvalue weighted by molar-refractivity contribution is 5.85. The number of nitrogens with zero attached hydrogens (tertiary/aromatic N) is 1. The van der Waals surface area contributed by atoms with E-state index in [1.165, 1.54) is 0 Å². The van der Waals surface area contributed by atoms with E-state index in [2.05, 4.69) is 10.6 Å². The molecular weight excluding hydrogens is 378 g/mol. The van der Waals surface area contributed by atoms with Gasteiger partial charge in [0.2, 0.25) is 11.8 Å². The van der Waals surface area contributed by atoms with Gasteiger partial charge < -0.3 is 20.3 Å². The first-order valence-corrected chi connectivity index (χ1v) is 10.1. The fourth-order valence-electron chi connectivity index (χ4n) is 3.82. The van der Waals surface area contributed by atoms with E-state index in [1.807, 2.05) is 35.2 Å². The van der Waals surface area contributed by atoms with Gasteiger partial charge in [-0.05, 0) is 43.7 Å². The molecule has 3 rings (SSSR count). The van der Waals surface area contributed by atoms with E-state index in [4.69, 9.17) is 4.74 Å². The van der Waals surface area contributed by atoms with Gasteiger partial charge in [0.1, 0.15) is 0 Å². The van der Waals surface area contributed by atoms with Crippen molar-refractivity contribution in [3.05, 3.63) is 35.9 Å². The van der Waals surface area contributed by atoms with Gasteiger partial charge in [0.15, 0.2) is 0 Å². The molecule has 1 aromatic rings. The number of halogens is 1. The number of hydrogen-bond acceptors (Lipinski definition) is 4. The Morgan fingerprint density at radius 2 is 2.00 bits per heavy atom. The SMILES string of the molecule is Cl.O=C(NCC1CCCN(C(=O)CCOCc2ccccc2)C1)C1CCCN1. The molecule has 0 spiro atoms. The minimum atomic E-state index is -0.0342. The van der Waals surface area contributed by atoms with E-state index < -0.39 is 0 Å². The lowest BCUT2D eigenvalue weighted by Crippen LogP contribution is -2.46. The van der Waals surface area contributed by atoms with E-state index >= 15 is 0 Å². The van der Waals surface area contributed by atoms with Gasteiger partial charge in [-0.15, -0.1) is 12.4 Å². The summed E-state index contributed by atoms with van der Waals surface area (Å²) in [5, 5.41) is 6.28. The maximum absolute atomic E-state index is 12.5. The summed E-state index contributed by atoms with van der Waals surface area (Å²) in [7, 11) is 0. The van der Waals surface area contributed by atoms with Crippen molar-refractivity contribution in [2.75, 3.05) is 32.8 Å². The Labute approximate surface area is 173 Å². The monoisotopic (exact) mass is 409 g/mol. The Hall–Kier alpha value is -1.63. The van der Waals surface area contributed by atoms with Gasteiger partial charge in [-0.1, -0.05) is 30.3 Å². The molecule has 1 aromatic carbocycles. The van der Waals surface area contributed by atoms with Crippen molar-refractivity contribution in [3.8, 4) is 0 Å². The Balaban J connectivity index is 0.00000280. The second-order valence-electron chi connectivity index (χ2n) is 7.53. The summed E-state index contributed by atoms with van der Waals surface area (Å²) in [4.78, 5) is 26.5. The standard InChI is InChI=1S/C21H31N3O3.ClH/c25-20(10-13-27-16-17-6-2-1-3-7-17)24-12-5-8-18(15-24)14-23-21(26)19-9-4-11-22-19;/h1-3,6-7,18-19,22H,4-5,8-16H2,(H,23,26);1H. The fourth-order valence-corrected chi connectivity index (χ4v) is 3.82. The lowest BCUT2D eigenvalue weighted by molar-refractivity contribution is -0.134. The zero-order valence-electron chi connectivity index (χ0n) is 16.4. The molecule has 2 unspecified atom stereocenters. The van der Waals surface area contributed by atoms with Crippen LogP contribution in [0.4, 0.5) is 0 Å². The van der Waals surface area contributed by atoms with Crippen LogP contribution in [0.5, 0.6) is 0 Å². The summed E-state index contributed by atoms with van der Waals surface area (Å²) >= 11 is 0. The summed E-state index contributed by atoms with van der Waals surface area (Å²) in [5.74, 6) is 0.597. The first-order valence-electron chi connectivity index (χ1n) is 10.1. The molecule has 0 saturated carbocycles. The second-order valence-corrected chi connectivity index (χ2v) is 7.53. The minimum absolute atomic E-state index is 0. The van der Waals surface area contributed by atoms with E-state index in [0.29, 0.717) is 32.1 Å². The van der Waals surface area contributed by atoms with Gasteiger partial charge >= 0.3 is 0 Å². The van der Waals surface area contributed by atoms with Crippen molar-refractivity contribution < 1.29 is 14.3 Å². The highest BCUT2D eigenvalue weighted by Gasteiger charge is 2.26. The van der Waals surface area contributed by atoms with Crippen molar-refractivity contribution in [2.45, 2.75) is 44.8 Å². The van der Waals surface area contributed by atoms with Gasteiger partial charge in [0.25, 0.3) is 0 Å². The molecule has 0 aliphatic carbocycles. The van der Waals surface area contributed by atoms with Gasteiger partial charge in [-0.2, -0.15) is 0 Å². The number of amides is 2. The first-order chi connectivity index (χ1) is 13.2. The van der Waals surface area contributed by atoms with Crippen LogP contribution < -0.4 is 10.6 Å². The number of ether oxygens (including phenoxy) is 1. The lowest BCUT2D eigenvalue weighted by atomic mass is 9.97. The predicted octanol–water partition coefficient (Wildman–Crippen LogP) is 2.12.